The van der Waals surface area contributed by atoms with Crippen molar-refractivity contribution in [2.75, 3.05) is 20.2 Å². The maximum Gasteiger partial charge on any atom is 0.326 e. The highest BCUT2D eigenvalue weighted by Crippen LogP contribution is 2.45. The van der Waals surface area contributed by atoms with Crippen LogP contribution in [0, 0.1) is 0 Å². The molecule has 0 aromatic heterocycles. The van der Waals surface area contributed by atoms with E-state index in [1.165, 1.54) is 7.11 Å². The van der Waals surface area contributed by atoms with Gasteiger partial charge in [-0.1, -0.05) is 0 Å². The first-order chi connectivity index (χ1) is 7.00. The van der Waals surface area contributed by atoms with E-state index in [2.05, 4.69) is 0 Å². The summed E-state index contributed by atoms with van der Waals surface area (Å²) in [5.41, 5.74) is -0.564. The summed E-state index contributed by atoms with van der Waals surface area (Å²) in [5, 5.41) is 0. The van der Waals surface area contributed by atoms with Gasteiger partial charge in [0.15, 0.2) is 0 Å². The van der Waals surface area contributed by atoms with Gasteiger partial charge in [-0.25, -0.2) is 8.78 Å². The summed E-state index contributed by atoms with van der Waals surface area (Å²) in [6, 6.07) is 0. The van der Waals surface area contributed by atoms with Crippen LogP contribution in [0.3, 0.4) is 0 Å². The van der Waals surface area contributed by atoms with Gasteiger partial charge in [-0.05, 0) is 12.8 Å². The molecular formula is C10H15F2NO2. The average molecular weight is 219 g/mol. The fourth-order valence-corrected chi connectivity index (χ4v) is 2.22. The van der Waals surface area contributed by atoms with Crippen molar-refractivity contribution in [3.05, 3.63) is 0 Å². The zero-order valence-corrected chi connectivity index (χ0v) is 8.76. The molecule has 0 unspecified atom stereocenters. The predicted molar refractivity (Wildman–Crippen MR) is 49.7 cm³/mol. The first-order valence-electron chi connectivity index (χ1n) is 5.21. The topological polar surface area (TPSA) is 29.5 Å². The number of carbonyl (C=O) groups is 1. The van der Waals surface area contributed by atoms with Crippen molar-refractivity contribution in [3.8, 4) is 0 Å². The molecule has 3 nitrogen and oxygen atoms in total. The molecule has 0 N–H and O–H groups in total. The summed E-state index contributed by atoms with van der Waals surface area (Å²) < 4.78 is 30.6. The lowest BCUT2D eigenvalue weighted by atomic mass is 10.0. The number of nitrogens with zero attached hydrogens (tertiary/aromatic N) is 1. The highest BCUT2D eigenvalue weighted by molar-refractivity contribution is 5.84. The van der Waals surface area contributed by atoms with E-state index >= 15 is 0 Å². The van der Waals surface area contributed by atoms with Crippen molar-refractivity contribution >= 4 is 5.97 Å². The molecule has 0 bridgehead atoms. The van der Waals surface area contributed by atoms with Crippen LogP contribution in [0.5, 0.6) is 0 Å². The molecule has 1 aliphatic carbocycles. The molecular weight excluding hydrogens is 204 g/mol. The molecule has 2 fully saturated rings. The Morgan fingerprint density at radius 2 is 1.73 bits per heavy atom. The Balaban J connectivity index is 1.99. The minimum absolute atomic E-state index is 0.147. The van der Waals surface area contributed by atoms with Crippen LogP contribution in [0.15, 0.2) is 0 Å². The van der Waals surface area contributed by atoms with Crippen molar-refractivity contribution < 1.29 is 18.3 Å². The van der Waals surface area contributed by atoms with Crippen LogP contribution in [0.2, 0.25) is 0 Å². The molecule has 2 aliphatic rings. The summed E-state index contributed by atoms with van der Waals surface area (Å²) in [6.45, 7) is 0.587. The molecule has 0 radical (unpaired) electrons. The molecule has 1 saturated heterocycles. The van der Waals surface area contributed by atoms with Gasteiger partial charge in [-0.2, -0.15) is 0 Å². The Morgan fingerprint density at radius 3 is 2.13 bits per heavy atom. The molecule has 0 amide bonds. The van der Waals surface area contributed by atoms with Crippen LogP contribution in [0.4, 0.5) is 8.78 Å². The first kappa shape index (κ1) is 10.8. The standard InChI is InChI=1S/C10H15F2NO2/c1-15-8(14)9(2-3-9)13-6-4-10(11,12)5-7-13/h2-7H2,1H3. The molecule has 15 heavy (non-hydrogen) atoms. The number of likely N-dealkylation sites (tertiary alicyclic amines) is 1. The molecule has 0 aromatic rings. The zero-order valence-electron chi connectivity index (χ0n) is 8.76. The van der Waals surface area contributed by atoms with Crippen molar-refractivity contribution in [1.29, 1.82) is 0 Å². The third-order valence-electron chi connectivity index (χ3n) is 3.39. The number of hydrogen-bond acceptors (Lipinski definition) is 3. The summed E-state index contributed by atoms with van der Waals surface area (Å²) in [4.78, 5) is 13.4. The smallest absolute Gasteiger partial charge is 0.326 e. The van der Waals surface area contributed by atoms with Gasteiger partial charge >= 0.3 is 5.97 Å². The number of piperidine rings is 1. The molecule has 0 atom stereocenters. The summed E-state index contributed by atoms with van der Waals surface area (Å²) in [5.74, 6) is -2.82. The second kappa shape index (κ2) is 3.40. The van der Waals surface area contributed by atoms with Crippen LogP contribution in [-0.2, 0) is 9.53 Å². The number of alkyl halides is 2. The summed E-state index contributed by atoms with van der Waals surface area (Å²) >= 11 is 0. The maximum absolute atomic E-state index is 12.9. The highest BCUT2D eigenvalue weighted by atomic mass is 19.3. The number of esters is 1. The number of carbonyl (C=O) groups excluding carboxylic acids is 1. The molecule has 0 aromatic carbocycles. The van der Waals surface area contributed by atoms with E-state index < -0.39 is 11.5 Å². The van der Waals surface area contributed by atoms with E-state index in [1.54, 1.807) is 0 Å². The Labute approximate surface area is 87.4 Å². The van der Waals surface area contributed by atoms with E-state index in [0.29, 0.717) is 13.1 Å². The van der Waals surface area contributed by atoms with Crippen LogP contribution >= 0.6 is 0 Å². The number of halogens is 2. The van der Waals surface area contributed by atoms with E-state index in [4.69, 9.17) is 4.74 Å². The minimum atomic E-state index is -2.55. The monoisotopic (exact) mass is 219 g/mol. The van der Waals surface area contributed by atoms with Crippen molar-refractivity contribution in [3.63, 3.8) is 0 Å². The van der Waals surface area contributed by atoms with Crippen molar-refractivity contribution in [2.45, 2.75) is 37.1 Å². The normalized spacial score (nSPS) is 28.5. The van der Waals surface area contributed by atoms with Crippen LogP contribution < -0.4 is 0 Å². The van der Waals surface area contributed by atoms with Gasteiger partial charge < -0.3 is 4.74 Å². The zero-order chi connectivity index (χ0) is 11.1. The van der Waals surface area contributed by atoms with Crippen LogP contribution in [-0.4, -0.2) is 42.5 Å². The maximum atomic E-state index is 12.9. The fourth-order valence-electron chi connectivity index (χ4n) is 2.22. The first-order valence-corrected chi connectivity index (χ1v) is 5.21. The van der Waals surface area contributed by atoms with E-state index in [0.717, 1.165) is 12.8 Å². The molecule has 86 valence electrons. The Kier molecular flexibility index (Phi) is 2.45. The molecule has 1 aliphatic heterocycles. The molecule has 1 heterocycles. The number of rotatable bonds is 2. The van der Waals surface area contributed by atoms with Gasteiger partial charge in [0.05, 0.1) is 7.11 Å². The highest BCUT2D eigenvalue weighted by Gasteiger charge is 2.57. The lowest BCUT2D eigenvalue weighted by Gasteiger charge is -2.36. The molecule has 5 heteroatoms. The summed E-state index contributed by atoms with van der Waals surface area (Å²) in [6.07, 6.45) is 1.19. The Morgan fingerprint density at radius 1 is 1.20 bits per heavy atom. The summed E-state index contributed by atoms with van der Waals surface area (Å²) in [7, 11) is 1.35. The quantitative estimate of drug-likeness (QED) is 0.658. The predicted octanol–water partition coefficient (Wildman–Crippen LogP) is 1.42. The Hall–Kier alpha value is -0.710. The van der Waals surface area contributed by atoms with Gasteiger partial charge in [0.25, 0.3) is 5.92 Å². The molecule has 1 saturated carbocycles. The minimum Gasteiger partial charge on any atom is -0.468 e. The number of hydrogen-bond donors (Lipinski definition) is 0. The van der Waals surface area contributed by atoms with E-state index in [-0.39, 0.29) is 18.8 Å². The lowest BCUT2D eigenvalue weighted by Crippen LogP contribution is -2.50. The SMILES string of the molecule is COC(=O)C1(N2CCC(F)(F)CC2)CC1. The van der Waals surface area contributed by atoms with Crippen molar-refractivity contribution in [2.24, 2.45) is 0 Å². The Bertz CT molecular complexity index is 267. The molecule has 0 spiro atoms. The van der Waals surface area contributed by atoms with Gasteiger partial charge in [0, 0.05) is 25.9 Å². The lowest BCUT2D eigenvalue weighted by molar-refractivity contribution is -0.152. The van der Waals surface area contributed by atoms with E-state index in [1.807, 2.05) is 4.90 Å². The van der Waals surface area contributed by atoms with Crippen LogP contribution in [0.25, 0.3) is 0 Å². The van der Waals surface area contributed by atoms with Gasteiger partial charge in [-0.3, -0.25) is 9.69 Å². The third-order valence-corrected chi connectivity index (χ3v) is 3.39. The van der Waals surface area contributed by atoms with Crippen LogP contribution in [0.1, 0.15) is 25.7 Å². The van der Waals surface area contributed by atoms with Crippen molar-refractivity contribution in [1.82, 2.24) is 4.90 Å². The largest absolute Gasteiger partial charge is 0.468 e. The molecule has 2 rings (SSSR count). The van der Waals surface area contributed by atoms with Gasteiger partial charge in [0.2, 0.25) is 0 Å². The number of methoxy groups -OCH3 is 1. The van der Waals surface area contributed by atoms with Gasteiger partial charge in [0.1, 0.15) is 5.54 Å². The second-order valence-corrected chi connectivity index (χ2v) is 4.37. The van der Waals surface area contributed by atoms with Gasteiger partial charge in [-0.15, -0.1) is 0 Å². The average Bonchev–Trinajstić information content (AvgIpc) is 2.98. The fraction of sp³-hybridized carbons (Fsp3) is 0.900. The number of ether oxygens (including phenoxy) is 1. The third kappa shape index (κ3) is 1.85. The van der Waals surface area contributed by atoms with E-state index in [9.17, 15) is 13.6 Å². The second-order valence-electron chi connectivity index (χ2n) is 4.37.